The molecule has 0 aliphatic carbocycles. The van der Waals surface area contributed by atoms with Gasteiger partial charge >= 0.3 is 0 Å². The first-order chi connectivity index (χ1) is 9.35. The quantitative estimate of drug-likeness (QED) is 0.894. The molecule has 2 heterocycles. The molecular weight excluding hydrogens is 256 g/mol. The third-order valence-corrected chi connectivity index (χ3v) is 3.90. The largest absolute Gasteiger partial charge is 0.385 e. The number of nitrogens with zero attached hydrogens (tertiary/aromatic N) is 2. The highest BCUT2D eigenvalue weighted by molar-refractivity contribution is 7.09. The highest BCUT2D eigenvalue weighted by Crippen LogP contribution is 2.27. The first kappa shape index (κ1) is 12.4. The number of benzene rings is 1. The van der Waals surface area contributed by atoms with E-state index in [1.54, 1.807) is 0 Å². The minimum Gasteiger partial charge on any atom is -0.385 e. The van der Waals surface area contributed by atoms with Crippen molar-refractivity contribution in [2.75, 3.05) is 17.2 Å². The van der Waals surface area contributed by atoms with Crippen molar-refractivity contribution in [3.8, 4) is 0 Å². The van der Waals surface area contributed by atoms with Crippen LogP contribution in [-0.2, 0) is 12.8 Å². The summed E-state index contributed by atoms with van der Waals surface area (Å²) in [5.74, 6) is 0.939. The van der Waals surface area contributed by atoms with Gasteiger partial charge in [-0.1, -0.05) is 6.92 Å². The fourth-order valence-corrected chi connectivity index (χ4v) is 2.94. The fraction of sp³-hybridized carbons (Fsp3) is 0.429. The first-order valence-corrected chi connectivity index (χ1v) is 7.59. The SMILES string of the molecule is CCCc1nsc(Nc2ccc3c(c2)CCCN3)n1. The maximum Gasteiger partial charge on any atom is 0.207 e. The molecule has 1 aromatic heterocycles. The Bertz CT molecular complexity index is 564. The molecule has 0 bridgehead atoms. The number of hydrogen-bond donors (Lipinski definition) is 2. The molecular formula is C14H18N4S. The molecule has 0 saturated heterocycles. The summed E-state index contributed by atoms with van der Waals surface area (Å²) >= 11 is 1.43. The van der Waals surface area contributed by atoms with Crippen LogP contribution in [0.4, 0.5) is 16.5 Å². The van der Waals surface area contributed by atoms with Crippen LogP contribution in [0.25, 0.3) is 0 Å². The van der Waals surface area contributed by atoms with Crippen LogP contribution in [0, 0.1) is 0 Å². The van der Waals surface area contributed by atoms with Crippen molar-refractivity contribution < 1.29 is 0 Å². The molecule has 0 spiro atoms. The van der Waals surface area contributed by atoms with Crippen molar-refractivity contribution in [2.24, 2.45) is 0 Å². The Morgan fingerprint density at radius 3 is 3.26 bits per heavy atom. The van der Waals surface area contributed by atoms with E-state index in [4.69, 9.17) is 0 Å². The Hall–Kier alpha value is -1.62. The zero-order valence-corrected chi connectivity index (χ0v) is 11.9. The summed E-state index contributed by atoms with van der Waals surface area (Å²) in [6, 6.07) is 6.45. The molecule has 1 aromatic carbocycles. The summed E-state index contributed by atoms with van der Waals surface area (Å²) in [6.45, 7) is 3.22. The second-order valence-corrected chi connectivity index (χ2v) is 5.54. The van der Waals surface area contributed by atoms with E-state index in [1.165, 1.54) is 29.2 Å². The van der Waals surface area contributed by atoms with Gasteiger partial charge < -0.3 is 10.6 Å². The monoisotopic (exact) mass is 274 g/mol. The lowest BCUT2D eigenvalue weighted by molar-refractivity contribution is 0.830. The van der Waals surface area contributed by atoms with Gasteiger partial charge in [-0.15, -0.1) is 0 Å². The van der Waals surface area contributed by atoms with Crippen LogP contribution in [0.1, 0.15) is 31.2 Å². The highest BCUT2D eigenvalue weighted by atomic mass is 32.1. The molecule has 2 N–H and O–H groups in total. The molecule has 0 radical (unpaired) electrons. The van der Waals surface area contributed by atoms with Gasteiger partial charge in [0, 0.05) is 35.9 Å². The van der Waals surface area contributed by atoms with E-state index in [0.717, 1.165) is 42.5 Å². The minimum absolute atomic E-state index is 0.882. The van der Waals surface area contributed by atoms with Crippen molar-refractivity contribution in [3.63, 3.8) is 0 Å². The van der Waals surface area contributed by atoms with Crippen LogP contribution in [0.15, 0.2) is 18.2 Å². The smallest absolute Gasteiger partial charge is 0.207 e. The predicted octanol–water partition coefficient (Wildman–Crippen LogP) is 3.59. The number of nitrogens with one attached hydrogen (secondary N) is 2. The van der Waals surface area contributed by atoms with Crippen molar-refractivity contribution in [1.29, 1.82) is 0 Å². The van der Waals surface area contributed by atoms with Crippen LogP contribution < -0.4 is 10.6 Å². The molecule has 5 heteroatoms. The Morgan fingerprint density at radius 2 is 2.37 bits per heavy atom. The second-order valence-electron chi connectivity index (χ2n) is 4.79. The van der Waals surface area contributed by atoms with Gasteiger partial charge in [-0.3, -0.25) is 0 Å². The lowest BCUT2D eigenvalue weighted by Gasteiger charge is -2.18. The average Bonchev–Trinajstić information content (AvgIpc) is 2.86. The second kappa shape index (κ2) is 5.57. The average molecular weight is 274 g/mol. The number of fused-ring (bicyclic) bond motifs is 1. The fourth-order valence-electron chi connectivity index (χ4n) is 2.31. The van der Waals surface area contributed by atoms with E-state index in [1.807, 2.05) is 0 Å². The van der Waals surface area contributed by atoms with E-state index >= 15 is 0 Å². The van der Waals surface area contributed by atoms with Gasteiger partial charge in [0.05, 0.1) is 0 Å². The normalized spacial score (nSPS) is 13.7. The molecule has 100 valence electrons. The molecule has 2 aromatic rings. The molecule has 1 aliphatic heterocycles. The highest BCUT2D eigenvalue weighted by Gasteiger charge is 2.09. The van der Waals surface area contributed by atoms with E-state index in [9.17, 15) is 0 Å². The lowest BCUT2D eigenvalue weighted by atomic mass is 10.0. The predicted molar refractivity (Wildman–Crippen MR) is 80.4 cm³/mol. The van der Waals surface area contributed by atoms with E-state index in [0.29, 0.717) is 0 Å². The maximum atomic E-state index is 4.49. The molecule has 4 nitrogen and oxygen atoms in total. The van der Waals surface area contributed by atoms with Crippen molar-refractivity contribution in [2.45, 2.75) is 32.6 Å². The summed E-state index contributed by atoms with van der Waals surface area (Å²) < 4.78 is 4.35. The van der Waals surface area contributed by atoms with Gasteiger partial charge in [0.2, 0.25) is 5.13 Å². The van der Waals surface area contributed by atoms with E-state index in [-0.39, 0.29) is 0 Å². The van der Waals surface area contributed by atoms with Crippen LogP contribution in [-0.4, -0.2) is 15.9 Å². The summed E-state index contributed by atoms with van der Waals surface area (Å²) in [6.07, 6.45) is 4.39. The Kier molecular flexibility index (Phi) is 3.64. The Morgan fingerprint density at radius 1 is 1.42 bits per heavy atom. The molecule has 1 aliphatic rings. The maximum absolute atomic E-state index is 4.49. The number of anilines is 3. The van der Waals surface area contributed by atoms with Gasteiger partial charge in [-0.25, -0.2) is 4.98 Å². The first-order valence-electron chi connectivity index (χ1n) is 6.81. The minimum atomic E-state index is 0.882. The third kappa shape index (κ3) is 2.87. The van der Waals surface area contributed by atoms with Crippen LogP contribution in [0.2, 0.25) is 0 Å². The van der Waals surface area contributed by atoms with Crippen LogP contribution in [0.5, 0.6) is 0 Å². The zero-order valence-electron chi connectivity index (χ0n) is 11.1. The molecule has 0 fully saturated rings. The number of rotatable bonds is 4. The van der Waals surface area contributed by atoms with E-state index < -0.39 is 0 Å². The lowest BCUT2D eigenvalue weighted by Crippen LogP contribution is -2.11. The molecule has 0 unspecified atom stereocenters. The van der Waals surface area contributed by atoms with Crippen molar-refractivity contribution >= 4 is 28.0 Å². The number of aryl methyl sites for hydroxylation is 2. The van der Waals surface area contributed by atoms with Crippen LogP contribution >= 0.6 is 11.5 Å². The zero-order chi connectivity index (χ0) is 13.1. The standard InChI is InChI=1S/C14H18N4S/c1-2-4-13-17-14(19-18-13)16-11-6-7-12-10(9-11)5-3-8-15-12/h6-7,9,15H,2-5,8H2,1H3,(H,16,17,18). The van der Waals surface area contributed by atoms with Crippen LogP contribution in [0.3, 0.4) is 0 Å². The van der Waals surface area contributed by atoms with Gasteiger partial charge in [-0.05, 0) is 43.0 Å². The van der Waals surface area contributed by atoms with Gasteiger partial charge in [0.15, 0.2) is 0 Å². The molecule has 19 heavy (non-hydrogen) atoms. The molecule has 0 amide bonds. The van der Waals surface area contributed by atoms with Gasteiger partial charge in [-0.2, -0.15) is 4.37 Å². The van der Waals surface area contributed by atoms with Crippen molar-refractivity contribution in [3.05, 3.63) is 29.6 Å². The van der Waals surface area contributed by atoms with Gasteiger partial charge in [0.25, 0.3) is 0 Å². The molecule has 0 atom stereocenters. The third-order valence-electron chi connectivity index (χ3n) is 3.24. The van der Waals surface area contributed by atoms with E-state index in [2.05, 4.69) is 45.1 Å². The molecule has 0 saturated carbocycles. The van der Waals surface area contributed by atoms with Gasteiger partial charge in [0.1, 0.15) is 5.82 Å². The number of hydrogen-bond acceptors (Lipinski definition) is 5. The number of aromatic nitrogens is 2. The summed E-state index contributed by atoms with van der Waals surface area (Å²) in [5.41, 5.74) is 3.75. The summed E-state index contributed by atoms with van der Waals surface area (Å²) in [5, 5.41) is 7.65. The Balaban J connectivity index is 1.75. The summed E-state index contributed by atoms with van der Waals surface area (Å²) in [7, 11) is 0. The Labute approximate surface area is 117 Å². The van der Waals surface area contributed by atoms with Crippen molar-refractivity contribution in [1.82, 2.24) is 9.36 Å². The molecule has 3 rings (SSSR count). The summed E-state index contributed by atoms with van der Waals surface area (Å²) in [4.78, 5) is 4.49. The topological polar surface area (TPSA) is 49.8 Å².